The topological polar surface area (TPSA) is 88.9 Å². The van der Waals surface area contributed by atoms with Crippen molar-refractivity contribution in [3.05, 3.63) is 70.8 Å². The Morgan fingerprint density at radius 2 is 1.82 bits per heavy atom. The number of hydrogen-bond donors (Lipinski definition) is 2. The molecule has 3 rings (SSSR count). The predicted octanol–water partition coefficient (Wildman–Crippen LogP) is 5.34. The smallest absolute Gasteiger partial charge is 0.253 e. The molecule has 0 saturated carbocycles. The van der Waals surface area contributed by atoms with E-state index in [4.69, 9.17) is 11.6 Å². The summed E-state index contributed by atoms with van der Waals surface area (Å²) in [5.41, 5.74) is 0.518. The Hall–Kier alpha value is -2.91. The maximum Gasteiger partial charge on any atom is 0.253 e. The van der Waals surface area contributed by atoms with Crippen LogP contribution in [0.4, 0.5) is 10.1 Å². The third-order valence-electron chi connectivity index (χ3n) is 4.98. The molecule has 180 valence electrons. The quantitative estimate of drug-likeness (QED) is 0.365. The molecule has 3 aromatic rings. The van der Waals surface area contributed by atoms with E-state index in [-0.39, 0.29) is 29.2 Å². The summed E-state index contributed by atoms with van der Waals surface area (Å²) in [6, 6.07) is 12.5. The lowest BCUT2D eigenvalue weighted by Gasteiger charge is -2.21. The number of nitrogens with one attached hydrogen (secondary N) is 2. The minimum atomic E-state index is -0.495. The fourth-order valence-corrected chi connectivity index (χ4v) is 4.45. The number of halogens is 2. The minimum absolute atomic E-state index is 0.0350. The van der Waals surface area contributed by atoms with Crippen molar-refractivity contribution in [1.29, 1.82) is 0 Å². The Morgan fingerprint density at radius 3 is 2.50 bits per heavy atom. The Bertz CT molecular complexity index is 1150. The molecule has 2 aromatic carbocycles. The van der Waals surface area contributed by atoms with E-state index in [9.17, 15) is 14.0 Å². The van der Waals surface area contributed by atoms with Crippen LogP contribution in [0.15, 0.2) is 53.7 Å². The van der Waals surface area contributed by atoms with Gasteiger partial charge < -0.3 is 15.2 Å². The van der Waals surface area contributed by atoms with E-state index in [0.29, 0.717) is 34.5 Å². The van der Waals surface area contributed by atoms with Gasteiger partial charge in [0.05, 0.1) is 28.1 Å². The van der Waals surface area contributed by atoms with Crippen molar-refractivity contribution >= 4 is 40.9 Å². The lowest BCUT2D eigenvalue weighted by Crippen LogP contribution is -2.31. The van der Waals surface area contributed by atoms with Crippen molar-refractivity contribution in [2.24, 2.45) is 5.92 Å². The maximum atomic E-state index is 13.8. The van der Waals surface area contributed by atoms with Crippen molar-refractivity contribution < 1.29 is 14.0 Å². The molecule has 7 nitrogen and oxygen atoms in total. The largest absolute Gasteiger partial charge is 0.342 e. The van der Waals surface area contributed by atoms with E-state index in [0.717, 1.165) is 0 Å². The average Bonchev–Trinajstić information content (AvgIpc) is 3.21. The van der Waals surface area contributed by atoms with Gasteiger partial charge in [-0.25, -0.2) is 4.39 Å². The first-order chi connectivity index (χ1) is 16.3. The molecule has 1 heterocycles. The third kappa shape index (κ3) is 6.57. The highest BCUT2D eigenvalue weighted by atomic mass is 35.5. The van der Waals surface area contributed by atoms with Gasteiger partial charge in [0.1, 0.15) is 5.82 Å². The highest BCUT2D eigenvalue weighted by Crippen LogP contribution is 2.26. The number of hydrogen-bond acceptors (Lipinski definition) is 5. The fraction of sp³-hybridized carbons (Fsp3) is 0.333. The third-order valence-corrected chi connectivity index (χ3v) is 6.28. The van der Waals surface area contributed by atoms with E-state index in [1.807, 2.05) is 11.5 Å². The Kier molecular flexibility index (Phi) is 9.06. The summed E-state index contributed by atoms with van der Waals surface area (Å²) < 4.78 is 15.7. The SMILES string of the molecule is CCn1c(SCC(=O)Nc2ccccc2F)nnc1[C@H](CC(C)C)NC(=O)c1ccccc1Cl. The number of benzene rings is 2. The van der Waals surface area contributed by atoms with Gasteiger partial charge in [0.25, 0.3) is 5.91 Å². The van der Waals surface area contributed by atoms with Gasteiger partial charge in [-0.2, -0.15) is 0 Å². The zero-order valence-corrected chi connectivity index (χ0v) is 20.8. The highest BCUT2D eigenvalue weighted by Gasteiger charge is 2.25. The van der Waals surface area contributed by atoms with E-state index in [2.05, 4.69) is 34.7 Å². The summed E-state index contributed by atoms with van der Waals surface area (Å²) in [6.45, 7) is 6.61. The molecule has 2 N–H and O–H groups in total. The number of anilines is 1. The van der Waals surface area contributed by atoms with Gasteiger partial charge in [0.15, 0.2) is 11.0 Å². The van der Waals surface area contributed by atoms with Crippen LogP contribution in [0.3, 0.4) is 0 Å². The van der Waals surface area contributed by atoms with Crippen molar-refractivity contribution in [2.45, 2.75) is 44.9 Å². The van der Waals surface area contributed by atoms with Crippen molar-refractivity contribution in [3.63, 3.8) is 0 Å². The van der Waals surface area contributed by atoms with Crippen LogP contribution in [0.5, 0.6) is 0 Å². The van der Waals surface area contributed by atoms with Gasteiger partial charge in [-0.05, 0) is 43.5 Å². The number of para-hydroxylation sites is 1. The van der Waals surface area contributed by atoms with Crippen LogP contribution >= 0.6 is 23.4 Å². The lowest BCUT2D eigenvalue weighted by atomic mass is 10.0. The molecular formula is C24H27ClFN5O2S. The van der Waals surface area contributed by atoms with Crippen LogP contribution < -0.4 is 10.6 Å². The molecule has 0 saturated heterocycles. The summed E-state index contributed by atoms with van der Waals surface area (Å²) in [5.74, 6) is -0.221. The number of aromatic nitrogens is 3. The highest BCUT2D eigenvalue weighted by molar-refractivity contribution is 7.99. The zero-order chi connectivity index (χ0) is 24.7. The molecule has 0 spiro atoms. The van der Waals surface area contributed by atoms with Gasteiger partial charge >= 0.3 is 0 Å². The van der Waals surface area contributed by atoms with E-state index in [1.165, 1.54) is 23.9 Å². The summed E-state index contributed by atoms with van der Waals surface area (Å²) in [6.07, 6.45) is 0.646. The molecule has 10 heteroatoms. The van der Waals surface area contributed by atoms with Crippen molar-refractivity contribution in [2.75, 3.05) is 11.1 Å². The lowest BCUT2D eigenvalue weighted by molar-refractivity contribution is -0.113. The molecule has 0 aliphatic carbocycles. The standard InChI is InChI=1S/C24H27ClFN5O2S/c1-4-31-22(20(13-15(2)3)28-23(33)16-9-5-6-10-17(16)25)29-30-24(31)34-14-21(32)27-19-12-8-7-11-18(19)26/h5-12,15,20H,4,13-14H2,1-3H3,(H,27,32)(H,28,33)/t20-/m0/s1. The van der Waals surface area contributed by atoms with Crippen molar-refractivity contribution in [1.82, 2.24) is 20.1 Å². The first-order valence-corrected chi connectivity index (χ1v) is 12.3. The Balaban J connectivity index is 1.74. The van der Waals surface area contributed by atoms with Crippen LogP contribution in [0, 0.1) is 11.7 Å². The molecule has 1 aromatic heterocycles. The molecule has 0 unspecified atom stereocenters. The van der Waals surface area contributed by atoms with E-state index in [1.54, 1.807) is 36.4 Å². The predicted molar refractivity (Wildman–Crippen MR) is 133 cm³/mol. The molecule has 0 fully saturated rings. The average molecular weight is 504 g/mol. The molecule has 0 aliphatic heterocycles. The number of carbonyl (C=O) groups is 2. The summed E-state index contributed by atoms with van der Waals surface area (Å²) in [4.78, 5) is 25.2. The first kappa shape index (κ1) is 25.7. The van der Waals surface area contributed by atoms with Gasteiger partial charge in [-0.3, -0.25) is 9.59 Å². The van der Waals surface area contributed by atoms with Crippen LogP contribution in [0.1, 0.15) is 49.4 Å². The zero-order valence-electron chi connectivity index (χ0n) is 19.2. The number of rotatable bonds is 10. The van der Waals surface area contributed by atoms with Gasteiger partial charge in [0, 0.05) is 6.54 Å². The second-order valence-electron chi connectivity index (χ2n) is 8.04. The second-order valence-corrected chi connectivity index (χ2v) is 9.39. The number of thioether (sulfide) groups is 1. The summed E-state index contributed by atoms with van der Waals surface area (Å²) in [5, 5.41) is 15.1. The molecule has 34 heavy (non-hydrogen) atoms. The minimum Gasteiger partial charge on any atom is -0.342 e. The van der Waals surface area contributed by atoms with E-state index >= 15 is 0 Å². The van der Waals surface area contributed by atoms with E-state index < -0.39 is 11.9 Å². The summed E-state index contributed by atoms with van der Waals surface area (Å²) >= 11 is 7.40. The molecule has 1 atom stereocenters. The van der Waals surface area contributed by atoms with Crippen LogP contribution in [-0.2, 0) is 11.3 Å². The normalized spacial score (nSPS) is 11.9. The van der Waals surface area contributed by atoms with Gasteiger partial charge in [-0.1, -0.05) is 61.5 Å². The monoisotopic (exact) mass is 503 g/mol. The van der Waals surface area contributed by atoms with Crippen molar-refractivity contribution in [3.8, 4) is 0 Å². The molecule has 0 bridgehead atoms. The molecule has 0 radical (unpaired) electrons. The Morgan fingerprint density at radius 1 is 1.12 bits per heavy atom. The summed E-state index contributed by atoms with van der Waals surface area (Å²) in [7, 11) is 0. The Labute approximate surface area is 207 Å². The van der Waals surface area contributed by atoms with Crippen LogP contribution in [0.2, 0.25) is 5.02 Å². The number of nitrogens with zero attached hydrogens (tertiary/aromatic N) is 3. The van der Waals surface area contributed by atoms with Crippen LogP contribution in [0.25, 0.3) is 0 Å². The van der Waals surface area contributed by atoms with Gasteiger partial charge in [0.2, 0.25) is 5.91 Å². The molecule has 0 aliphatic rings. The molecule has 2 amide bonds. The number of amides is 2. The van der Waals surface area contributed by atoms with Crippen LogP contribution in [-0.4, -0.2) is 32.3 Å². The first-order valence-electron chi connectivity index (χ1n) is 11.0. The van der Waals surface area contributed by atoms with Gasteiger partial charge in [-0.15, -0.1) is 10.2 Å². The number of carbonyl (C=O) groups excluding carboxylic acids is 2. The second kappa shape index (κ2) is 12.0. The maximum absolute atomic E-state index is 13.8. The fourth-order valence-electron chi connectivity index (χ4n) is 3.42. The molecular weight excluding hydrogens is 477 g/mol.